The minimum atomic E-state index is -0.664. The predicted molar refractivity (Wildman–Crippen MR) is 43.4 cm³/mol. The normalized spacial score (nSPS) is 12.2. The summed E-state index contributed by atoms with van der Waals surface area (Å²) < 4.78 is 3.86. The van der Waals surface area contributed by atoms with Crippen LogP contribution in [0.3, 0.4) is 0 Å². The maximum absolute atomic E-state index is 9.11. The minimum absolute atomic E-state index is 0. The van der Waals surface area contributed by atoms with Gasteiger partial charge in [-0.15, -0.1) is 0 Å². The number of imidazole rings is 1. The quantitative estimate of drug-likeness (QED) is 0.496. The zero-order valence-electron chi connectivity index (χ0n) is 7.60. The third-order valence-corrected chi connectivity index (χ3v) is 1.74. The van der Waals surface area contributed by atoms with Crippen LogP contribution in [0.5, 0.6) is 0 Å². The van der Waals surface area contributed by atoms with E-state index >= 15 is 0 Å². The first-order valence-corrected chi connectivity index (χ1v) is 4.10. The number of halogens is 1. The summed E-state index contributed by atoms with van der Waals surface area (Å²) in [7, 11) is 0. The van der Waals surface area contributed by atoms with E-state index in [0.29, 0.717) is 6.54 Å². The number of aliphatic hydroxyl groups is 2. The Labute approximate surface area is 83.8 Å². The molecule has 0 saturated carbocycles. The van der Waals surface area contributed by atoms with Crippen LogP contribution in [0.25, 0.3) is 0 Å². The first-order chi connectivity index (χ1) is 5.76. The summed E-state index contributed by atoms with van der Waals surface area (Å²) in [5.41, 5.74) is 0. The predicted octanol–water partition coefficient (Wildman–Crippen LogP) is -3.85. The van der Waals surface area contributed by atoms with Gasteiger partial charge in [0.05, 0.1) is 13.2 Å². The molecule has 1 atom stereocenters. The maximum atomic E-state index is 9.11. The molecule has 2 N–H and O–H groups in total. The Morgan fingerprint density at radius 3 is 2.69 bits per heavy atom. The van der Waals surface area contributed by atoms with E-state index in [2.05, 4.69) is 0 Å². The topological polar surface area (TPSA) is 49.3 Å². The highest BCUT2D eigenvalue weighted by Crippen LogP contribution is 1.85. The molecule has 76 valence electrons. The first kappa shape index (κ1) is 12.4. The Balaban J connectivity index is 0.00000144. The number of hydrogen-bond donors (Lipinski definition) is 2. The zero-order valence-corrected chi connectivity index (χ0v) is 8.35. The highest BCUT2D eigenvalue weighted by Gasteiger charge is 2.07. The average molecular weight is 207 g/mol. The number of hydrogen-bond acceptors (Lipinski definition) is 2. The smallest absolute Gasteiger partial charge is 0.243 e. The SMILES string of the molecule is CCn1cc[n+](CC(O)CO)c1.[Cl-]. The lowest BCUT2D eigenvalue weighted by Crippen LogP contribution is -3.00. The standard InChI is InChI=1S/C8H15N2O2.ClH/c1-2-9-3-4-10(7-9)5-8(12)6-11;/h3-4,7-8,11-12H,2,5-6H2,1H3;1H/q+1;/p-1. The van der Waals surface area contributed by atoms with Gasteiger partial charge in [-0.05, 0) is 6.92 Å². The van der Waals surface area contributed by atoms with E-state index in [1.54, 1.807) is 0 Å². The van der Waals surface area contributed by atoms with Crippen LogP contribution < -0.4 is 17.0 Å². The number of rotatable bonds is 4. The molecule has 0 spiro atoms. The van der Waals surface area contributed by atoms with Gasteiger partial charge >= 0.3 is 0 Å². The summed E-state index contributed by atoms with van der Waals surface area (Å²) in [6.45, 7) is 3.23. The Morgan fingerprint density at radius 1 is 1.54 bits per heavy atom. The van der Waals surface area contributed by atoms with Crippen LogP contribution in [0.15, 0.2) is 18.7 Å². The number of aryl methyl sites for hydroxylation is 1. The van der Waals surface area contributed by atoms with E-state index in [1.165, 1.54) is 0 Å². The van der Waals surface area contributed by atoms with Crippen LogP contribution in [-0.4, -0.2) is 27.5 Å². The van der Waals surface area contributed by atoms with Crippen molar-refractivity contribution in [2.45, 2.75) is 26.1 Å². The lowest BCUT2D eigenvalue weighted by molar-refractivity contribution is -0.703. The van der Waals surface area contributed by atoms with E-state index in [4.69, 9.17) is 10.2 Å². The molecule has 1 unspecified atom stereocenters. The lowest BCUT2D eigenvalue weighted by Gasteiger charge is -2.01. The van der Waals surface area contributed by atoms with E-state index < -0.39 is 6.10 Å². The van der Waals surface area contributed by atoms with Crippen molar-refractivity contribution in [2.75, 3.05) is 6.61 Å². The summed E-state index contributed by atoms with van der Waals surface area (Å²) in [5, 5.41) is 17.7. The molecule has 0 aromatic carbocycles. The molecule has 4 nitrogen and oxygen atoms in total. The molecule has 1 rings (SSSR count). The third kappa shape index (κ3) is 3.76. The van der Waals surface area contributed by atoms with Crippen molar-refractivity contribution in [3.8, 4) is 0 Å². The van der Waals surface area contributed by atoms with Crippen LogP contribution in [-0.2, 0) is 13.1 Å². The molecule has 1 heterocycles. The highest BCUT2D eigenvalue weighted by atomic mass is 35.5. The van der Waals surface area contributed by atoms with Gasteiger partial charge < -0.3 is 22.6 Å². The summed E-state index contributed by atoms with van der Waals surface area (Å²) >= 11 is 0. The molecule has 0 radical (unpaired) electrons. The van der Waals surface area contributed by atoms with Crippen molar-refractivity contribution >= 4 is 0 Å². The largest absolute Gasteiger partial charge is 1.00 e. The number of nitrogens with zero attached hydrogens (tertiary/aromatic N) is 2. The fourth-order valence-electron chi connectivity index (χ4n) is 1.03. The minimum Gasteiger partial charge on any atom is -1.00 e. The van der Waals surface area contributed by atoms with Crippen LogP contribution in [0.2, 0.25) is 0 Å². The second kappa shape index (κ2) is 5.96. The van der Waals surface area contributed by atoms with Crippen molar-refractivity contribution in [1.82, 2.24) is 4.57 Å². The second-order valence-corrected chi connectivity index (χ2v) is 2.78. The zero-order chi connectivity index (χ0) is 8.97. The van der Waals surface area contributed by atoms with Crippen molar-refractivity contribution in [1.29, 1.82) is 0 Å². The summed E-state index contributed by atoms with van der Waals surface area (Å²) in [4.78, 5) is 0. The molecular weight excluding hydrogens is 192 g/mol. The van der Waals surface area contributed by atoms with Crippen LogP contribution in [0.4, 0.5) is 0 Å². The molecule has 0 bridgehead atoms. The molecule has 1 aromatic heterocycles. The molecule has 0 fully saturated rings. The Kier molecular flexibility index (Phi) is 5.70. The van der Waals surface area contributed by atoms with Crippen molar-refractivity contribution in [3.63, 3.8) is 0 Å². The van der Waals surface area contributed by atoms with Gasteiger partial charge in [-0.1, -0.05) is 0 Å². The summed E-state index contributed by atoms with van der Waals surface area (Å²) in [6.07, 6.45) is 5.05. The van der Waals surface area contributed by atoms with Gasteiger partial charge in [0.25, 0.3) is 0 Å². The average Bonchev–Trinajstić information content (AvgIpc) is 2.52. The Bertz CT molecular complexity index is 240. The molecular formula is C8H15ClN2O2. The van der Waals surface area contributed by atoms with Crippen molar-refractivity contribution in [3.05, 3.63) is 18.7 Å². The monoisotopic (exact) mass is 206 g/mol. The van der Waals surface area contributed by atoms with Gasteiger partial charge in [-0.25, -0.2) is 9.13 Å². The van der Waals surface area contributed by atoms with Crippen LogP contribution in [0.1, 0.15) is 6.92 Å². The molecule has 1 aromatic rings. The van der Waals surface area contributed by atoms with Gasteiger partial charge in [0, 0.05) is 0 Å². The first-order valence-electron chi connectivity index (χ1n) is 4.10. The van der Waals surface area contributed by atoms with Crippen molar-refractivity contribution < 1.29 is 27.2 Å². The van der Waals surface area contributed by atoms with Crippen LogP contribution >= 0.6 is 0 Å². The molecule has 0 amide bonds. The van der Waals surface area contributed by atoms with E-state index in [-0.39, 0.29) is 19.0 Å². The lowest BCUT2D eigenvalue weighted by atomic mass is 10.4. The van der Waals surface area contributed by atoms with E-state index in [1.807, 2.05) is 34.8 Å². The van der Waals surface area contributed by atoms with Gasteiger partial charge in [0.1, 0.15) is 25.0 Å². The van der Waals surface area contributed by atoms with Gasteiger partial charge in [-0.3, -0.25) is 0 Å². The highest BCUT2D eigenvalue weighted by molar-refractivity contribution is 4.65. The van der Waals surface area contributed by atoms with Crippen molar-refractivity contribution in [2.24, 2.45) is 0 Å². The Hall–Kier alpha value is -0.580. The van der Waals surface area contributed by atoms with Gasteiger partial charge in [0.15, 0.2) is 0 Å². The Morgan fingerprint density at radius 2 is 2.23 bits per heavy atom. The molecule has 13 heavy (non-hydrogen) atoms. The van der Waals surface area contributed by atoms with Crippen LogP contribution in [0, 0.1) is 0 Å². The second-order valence-electron chi connectivity index (χ2n) is 2.78. The van der Waals surface area contributed by atoms with Gasteiger partial charge in [0.2, 0.25) is 6.33 Å². The molecule has 0 aliphatic heterocycles. The number of aromatic nitrogens is 2. The molecule has 0 saturated heterocycles. The molecule has 0 aliphatic rings. The third-order valence-electron chi connectivity index (χ3n) is 1.74. The number of aliphatic hydroxyl groups excluding tert-OH is 2. The maximum Gasteiger partial charge on any atom is 0.243 e. The fraction of sp³-hybridized carbons (Fsp3) is 0.625. The fourth-order valence-corrected chi connectivity index (χ4v) is 1.03. The molecule has 0 aliphatic carbocycles. The summed E-state index contributed by atoms with van der Waals surface area (Å²) in [5.74, 6) is 0. The summed E-state index contributed by atoms with van der Waals surface area (Å²) in [6, 6.07) is 0. The van der Waals surface area contributed by atoms with Gasteiger partial charge in [-0.2, -0.15) is 0 Å². The van der Waals surface area contributed by atoms with E-state index in [9.17, 15) is 0 Å². The van der Waals surface area contributed by atoms with E-state index in [0.717, 1.165) is 6.54 Å². The molecule has 5 heteroatoms.